The summed E-state index contributed by atoms with van der Waals surface area (Å²) in [6.45, 7) is 6.69. The molecule has 0 atom stereocenters. The van der Waals surface area contributed by atoms with Crippen molar-refractivity contribution in [1.29, 1.82) is 0 Å². The fraction of sp³-hybridized carbons (Fsp3) is 1.00. The van der Waals surface area contributed by atoms with Gasteiger partial charge >= 0.3 is 0 Å². The van der Waals surface area contributed by atoms with Gasteiger partial charge in [-0.15, -0.1) is 7.92 Å². The molecule has 0 fully saturated rings. The first-order valence-electron chi connectivity index (χ1n) is 1.34. The van der Waals surface area contributed by atoms with Gasteiger partial charge in [0.05, 0.1) is 0 Å². The number of hydrogen-bond acceptors (Lipinski definition) is 0. The van der Waals surface area contributed by atoms with Gasteiger partial charge in [0.25, 0.3) is 0 Å². The van der Waals surface area contributed by atoms with E-state index in [-0.39, 0.29) is 34.8 Å². The molecule has 0 heterocycles. The molecule has 6 heavy (non-hydrogen) atoms. The van der Waals surface area contributed by atoms with Gasteiger partial charge in [-0.05, 0) is 20.0 Å². The predicted molar refractivity (Wildman–Crippen MR) is 30.5 cm³/mol. The Morgan fingerprint density at radius 2 is 1.00 bits per heavy atom. The molecule has 3 heteroatoms. The average Bonchev–Trinajstić information content (AvgIpc) is 0.811. The molecule has 0 nitrogen and oxygen atoms in total. The maximum atomic E-state index is 2.23. The van der Waals surface area contributed by atoms with Crippen LogP contribution < -0.4 is 0 Å². The normalized spacial score (nSPS) is 6.00. The number of rotatable bonds is 0. The largest absolute Gasteiger partial charge is 0.116 e. The molecule has 0 aromatic heterocycles. The van der Waals surface area contributed by atoms with Crippen LogP contribution in [-0.2, 0) is 22.4 Å². The second kappa shape index (κ2) is 9.68. The van der Waals surface area contributed by atoms with Crippen molar-refractivity contribution in [3.63, 3.8) is 0 Å². The van der Waals surface area contributed by atoms with Crippen molar-refractivity contribution < 1.29 is 22.4 Å². The third-order valence-corrected chi connectivity index (χ3v) is 0. The summed E-state index contributed by atoms with van der Waals surface area (Å²) in [5.74, 6) is 0. The van der Waals surface area contributed by atoms with Crippen LogP contribution in [0.15, 0.2) is 0 Å². The van der Waals surface area contributed by atoms with E-state index in [1.165, 1.54) is 0 Å². The van der Waals surface area contributed by atoms with Gasteiger partial charge in [-0.1, -0.05) is 0 Å². The average molecular weight is 308 g/mol. The Labute approximate surface area is 62.8 Å². The molecule has 0 amide bonds. The zero-order valence-corrected chi connectivity index (χ0v) is 7.94. The van der Waals surface area contributed by atoms with Gasteiger partial charge in [-0.3, -0.25) is 0 Å². The first-order valence-corrected chi connectivity index (χ1v) is 4.02. The second-order valence-corrected chi connectivity index (χ2v) is 4.02. The van der Waals surface area contributed by atoms with Crippen LogP contribution >= 0.6 is 20.3 Å². The Kier molecular flexibility index (Phi) is 25.3. The third-order valence-electron chi connectivity index (χ3n) is 0. The summed E-state index contributed by atoms with van der Waals surface area (Å²) in [7, 11) is 0.380. The fourth-order valence-electron chi connectivity index (χ4n) is 0. The molecular formula is C3H9AuClP. The van der Waals surface area contributed by atoms with E-state index in [0.29, 0.717) is 7.92 Å². The summed E-state index contributed by atoms with van der Waals surface area (Å²) in [5.41, 5.74) is 0. The zero-order valence-electron chi connectivity index (χ0n) is 4.13. The number of halogens is 1. The first-order chi connectivity index (χ1) is 1.73. The molecule has 0 bridgehead atoms. The quantitative estimate of drug-likeness (QED) is 0.475. The molecule has 44 valence electrons. The molecular weight excluding hydrogens is 299 g/mol. The van der Waals surface area contributed by atoms with E-state index in [9.17, 15) is 0 Å². The Balaban J connectivity index is -0.0000000450. The molecule has 0 saturated carbocycles. The van der Waals surface area contributed by atoms with E-state index in [0.717, 1.165) is 0 Å². The van der Waals surface area contributed by atoms with Gasteiger partial charge in [0.15, 0.2) is 0 Å². The summed E-state index contributed by atoms with van der Waals surface area (Å²) >= 11 is 0. The molecule has 2 radical (unpaired) electrons. The molecule has 0 aliphatic rings. The van der Waals surface area contributed by atoms with Gasteiger partial charge in [-0.2, -0.15) is 0 Å². The van der Waals surface area contributed by atoms with Crippen molar-refractivity contribution in [2.24, 2.45) is 0 Å². The maximum absolute atomic E-state index is 2.23. The molecule has 0 spiro atoms. The van der Waals surface area contributed by atoms with Crippen molar-refractivity contribution in [3.8, 4) is 0 Å². The summed E-state index contributed by atoms with van der Waals surface area (Å²) in [4.78, 5) is 0. The Morgan fingerprint density at radius 3 is 1.00 bits per heavy atom. The maximum Gasteiger partial charge on any atom is 0 e. The van der Waals surface area contributed by atoms with Gasteiger partial charge in [-0.25, -0.2) is 0 Å². The predicted octanol–water partition coefficient (Wildman–Crippen LogP) is 2.04. The molecule has 0 aliphatic heterocycles. The van der Waals surface area contributed by atoms with Crippen LogP contribution in [0, 0.1) is 0 Å². The van der Waals surface area contributed by atoms with Crippen LogP contribution in [0.2, 0.25) is 0 Å². The van der Waals surface area contributed by atoms with E-state index in [1.54, 1.807) is 0 Å². The molecule has 0 N–H and O–H groups in total. The van der Waals surface area contributed by atoms with Crippen molar-refractivity contribution in [3.05, 3.63) is 0 Å². The minimum atomic E-state index is 0. The van der Waals surface area contributed by atoms with Crippen molar-refractivity contribution in [2.75, 3.05) is 20.0 Å². The SMILES string of the molecule is CP(C)C.[Au].[Cl]. The summed E-state index contributed by atoms with van der Waals surface area (Å²) in [6.07, 6.45) is 0. The Hall–Kier alpha value is 1.46. The van der Waals surface area contributed by atoms with E-state index < -0.39 is 0 Å². The van der Waals surface area contributed by atoms with Crippen molar-refractivity contribution in [1.82, 2.24) is 0 Å². The topological polar surface area (TPSA) is 0 Å². The third kappa shape index (κ3) is 50.9. The fourth-order valence-corrected chi connectivity index (χ4v) is 0. The van der Waals surface area contributed by atoms with Crippen LogP contribution in [0.4, 0.5) is 0 Å². The minimum Gasteiger partial charge on any atom is -0.116 e. The molecule has 0 unspecified atom stereocenters. The van der Waals surface area contributed by atoms with Gasteiger partial charge < -0.3 is 0 Å². The Bertz CT molecular complexity index is 15.5. The first kappa shape index (κ1) is 15.7. The zero-order chi connectivity index (χ0) is 3.58. The summed E-state index contributed by atoms with van der Waals surface area (Å²) in [6, 6.07) is 0. The van der Waals surface area contributed by atoms with Gasteiger partial charge in [0, 0.05) is 34.8 Å². The standard InChI is InChI=1S/C3H9P.Au.Cl/c1-4(2)3;;/h1-3H3;;. The van der Waals surface area contributed by atoms with Crippen molar-refractivity contribution >= 4 is 20.3 Å². The number of hydrogen-bond donors (Lipinski definition) is 0. The van der Waals surface area contributed by atoms with E-state index in [2.05, 4.69) is 20.0 Å². The smallest absolute Gasteiger partial charge is 0 e. The molecule has 0 aliphatic carbocycles. The second-order valence-electron chi connectivity index (χ2n) is 1.34. The molecule has 0 aromatic rings. The van der Waals surface area contributed by atoms with E-state index >= 15 is 0 Å². The van der Waals surface area contributed by atoms with Crippen LogP contribution in [0.25, 0.3) is 0 Å². The van der Waals surface area contributed by atoms with Crippen LogP contribution in [0.1, 0.15) is 0 Å². The minimum absolute atomic E-state index is 0. The van der Waals surface area contributed by atoms with Gasteiger partial charge in [0.2, 0.25) is 0 Å². The van der Waals surface area contributed by atoms with Crippen LogP contribution in [0.5, 0.6) is 0 Å². The Morgan fingerprint density at radius 1 is 1.00 bits per heavy atom. The van der Waals surface area contributed by atoms with Crippen LogP contribution in [-0.4, -0.2) is 20.0 Å². The van der Waals surface area contributed by atoms with Crippen LogP contribution in [0.3, 0.4) is 0 Å². The van der Waals surface area contributed by atoms with E-state index in [1.807, 2.05) is 0 Å². The monoisotopic (exact) mass is 308 g/mol. The summed E-state index contributed by atoms with van der Waals surface area (Å²) < 4.78 is 0. The van der Waals surface area contributed by atoms with Crippen molar-refractivity contribution in [2.45, 2.75) is 0 Å². The molecule has 0 aromatic carbocycles. The van der Waals surface area contributed by atoms with E-state index in [4.69, 9.17) is 0 Å². The molecule has 0 rings (SSSR count). The molecule has 0 saturated heterocycles. The summed E-state index contributed by atoms with van der Waals surface area (Å²) in [5, 5.41) is 0. The van der Waals surface area contributed by atoms with Gasteiger partial charge in [0.1, 0.15) is 0 Å².